The number of rotatable bonds is 4. The lowest BCUT2D eigenvalue weighted by atomic mass is 9.98. The van der Waals surface area contributed by atoms with E-state index in [2.05, 4.69) is 0 Å². The summed E-state index contributed by atoms with van der Waals surface area (Å²) < 4.78 is 10.6. The van der Waals surface area contributed by atoms with Crippen molar-refractivity contribution in [2.24, 2.45) is 5.92 Å². The summed E-state index contributed by atoms with van der Waals surface area (Å²) >= 11 is 0. The van der Waals surface area contributed by atoms with Gasteiger partial charge in [0.2, 0.25) is 11.8 Å². The van der Waals surface area contributed by atoms with Crippen molar-refractivity contribution in [1.29, 1.82) is 0 Å². The summed E-state index contributed by atoms with van der Waals surface area (Å²) in [4.78, 5) is 28.9. The van der Waals surface area contributed by atoms with Crippen LogP contribution in [0.15, 0.2) is 24.3 Å². The van der Waals surface area contributed by atoms with Crippen molar-refractivity contribution < 1.29 is 19.1 Å². The Labute approximate surface area is 148 Å². The second-order valence-corrected chi connectivity index (χ2v) is 7.38. The molecular weight excluding hydrogens is 320 g/mol. The lowest BCUT2D eigenvalue weighted by molar-refractivity contribution is -0.150. The number of ether oxygens (including phenoxy) is 2. The second-order valence-electron chi connectivity index (χ2n) is 7.38. The van der Waals surface area contributed by atoms with E-state index in [1.807, 2.05) is 43.0 Å². The first-order valence-corrected chi connectivity index (χ1v) is 8.70. The van der Waals surface area contributed by atoms with Crippen LogP contribution in [-0.4, -0.2) is 60.6 Å². The molecule has 6 nitrogen and oxygen atoms in total. The minimum Gasteiger partial charge on any atom is -0.497 e. The van der Waals surface area contributed by atoms with Crippen LogP contribution < -0.4 is 4.74 Å². The van der Waals surface area contributed by atoms with Crippen molar-refractivity contribution >= 4 is 11.8 Å². The fraction of sp³-hybridized carbons (Fsp3) is 0.579. The van der Waals surface area contributed by atoms with Crippen molar-refractivity contribution in [1.82, 2.24) is 9.80 Å². The number of benzene rings is 1. The zero-order chi connectivity index (χ0) is 18.0. The van der Waals surface area contributed by atoms with Crippen molar-refractivity contribution in [2.75, 3.05) is 33.4 Å². The topological polar surface area (TPSA) is 59.1 Å². The molecule has 1 aromatic carbocycles. The predicted octanol–water partition coefficient (Wildman–Crippen LogP) is 1.68. The van der Waals surface area contributed by atoms with Gasteiger partial charge in [-0.2, -0.15) is 0 Å². The third kappa shape index (κ3) is 3.79. The van der Waals surface area contributed by atoms with E-state index >= 15 is 0 Å². The van der Waals surface area contributed by atoms with Crippen LogP contribution in [0.2, 0.25) is 0 Å². The van der Waals surface area contributed by atoms with E-state index in [9.17, 15) is 9.59 Å². The van der Waals surface area contributed by atoms with Gasteiger partial charge in [-0.3, -0.25) is 9.59 Å². The van der Waals surface area contributed by atoms with Gasteiger partial charge in [0, 0.05) is 26.1 Å². The molecule has 0 N–H and O–H groups in total. The van der Waals surface area contributed by atoms with Crippen LogP contribution in [0.25, 0.3) is 0 Å². The molecule has 0 bridgehead atoms. The maximum atomic E-state index is 12.9. The number of carbonyl (C=O) groups is 2. The van der Waals surface area contributed by atoms with Crippen LogP contribution >= 0.6 is 0 Å². The molecule has 1 atom stereocenters. The maximum Gasteiger partial charge on any atom is 0.228 e. The summed E-state index contributed by atoms with van der Waals surface area (Å²) in [6.07, 6.45) is 0.294. The average Bonchev–Trinajstić information content (AvgIpc) is 2.95. The van der Waals surface area contributed by atoms with E-state index in [1.165, 1.54) is 0 Å². The molecule has 1 aromatic rings. The van der Waals surface area contributed by atoms with Crippen LogP contribution in [-0.2, 0) is 20.9 Å². The summed E-state index contributed by atoms with van der Waals surface area (Å²) in [5.41, 5.74) is 0.718. The third-order valence-electron chi connectivity index (χ3n) is 5.01. The monoisotopic (exact) mass is 346 g/mol. The highest BCUT2D eigenvalue weighted by Gasteiger charge is 2.41. The van der Waals surface area contributed by atoms with Gasteiger partial charge in [-0.05, 0) is 31.5 Å². The quantitative estimate of drug-likeness (QED) is 0.832. The number of carbonyl (C=O) groups excluding carboxylic acids is 2. The van der Waals surface area contributed by atoms with Crippen LogP contribution in [0.4, 0.5) is 0 Å². The molecular formula is C19H26N2O4. The number of hydrogen-bond acceptors (Lipinski definition) is 4. The van der Waals surface area contributed by atoms with Gasteiger partial charge in [-0.1, -0.05) is 12.1 Å². The van der Waals surface area contributed by atoms with Gasteiger partial charge in [0.15, 0.2) is 0 Å². The molecule has 0 aliphatic carbocycles. The van der Waals surface area contributed by atoms with Crippen LogP contribution in [0, 0.1) is 5.92 Å². The average molecular weight is 346 g/mol. The summed E-state index contributed by atoms with van der Waals surface area (Å²) in [7, 11) is 1.63. The number of hydrogen-bond donors (Lipinski definition) is 0. The summed E-state index contributed by atoms with van der Waals surface area (Å²) in [5, 5.41) is 0. The molecule has 0 saturated carbocycles. The van der Waals surface area contributed by atoms with Crippen molar-refractivity contribution in [3.05, 3.63) is 29.8 Å². The second kappa shape index (κ2) is 7.04. The molecule has 0 radical (unpaired) electrons. The van der Waals surface area contributed by atoms with E-state index in [4.69, 9.17) is 9.47 Å². The zero-order valence-corrected chi connectivity index (χ0v) is 15.2. The minimum absolute atomic E-state index is 0.0419. The molecule has 136 valence electrons. The molecule has 2 aliphatic rings. The van der Waals surface area contributed by atoms with Gasteiger partial charge in [-0.25, -0.2) is 0 Å². The van der Waals surface area contributed by atoms with Gasteiger partial charge in [0.25, 0.3) is 0 Å². The molecule has 2 aliphatic heterocycles. The number of methoxy groups -OCH3 is 1. The Bertz CT molecular complexity index is 641. The zero-order valence-electron chi connectivity index (χ0n) is 15.2. The Morgan fingerprint density at radius 1 is 1.32 bits per heavy atom. The third-order valence-corrected chi connectivity index (χ3v) is 5.01. The Balaban J connectivity index is 1.64. The SMILES string of the molecule is COc1ccc(CN2C[C@H](C(=O)N3CCOCC3(C)C)CC2=O)cc1. The highest BCUT2D eigenvalue weighted by atomic mass is 16.5. The van der Waals surface area contributed by atoms with Gasteiger partial charge in [-0.15, -0.1) is 0 Å². The fourth-order valence-corrected chi connectivity index (χ4v) is 3.53. The first kappa shape index (κ1) is 17.7. The molecule has 0 unspecified atom stereocenters. The molecule has 3 rings (SSSR count). The molecule has 2 saturated heterocycles. The van der Waals surface area contributed by atoms with Crippen molar-refractivity contribution in [3.8, 4) is 5.75 Å². The van der Waals surface area contributed by atoms with Crippen LogP contribution in [0.5, 0.6) is 5.75 Å². The highest BCUT2D eigenvalue weighted by Crippen LogP contribution is 2.27. The predicted molar refractivity (Wildman–Crippen MR) is 93.1 cm³/mol. The van der Waals surface area contributed by atoms with Crippen molar-refractivity contribution in [2.45, 2.75) is 32.4 Å². The van der Waals surface area contributed by atoms with Gasteiger partial charge < -0.3 is 19.3 Å². The molecule has 0 spiro atoms. The molecule has 25 heavy (non-hydrogen) atoms. The molecule has 2 heterocycles. The lowest BCUT2D eigenvalue weighted by Crippen LogP contribution is -2.57. The van der Waals surface area contributed by atoms with E-state index in [1.54, 1.807) is 12.0 Å². The minimum atomic E-state index is -0.318. The van der Waals surface area contributed by atoms with Gasteiger partial charge >= 0.3 is 0 Å². The summed E-state index contributed by atoms with van der Waals surface area (Å²) in [6.45, 7) is 6.72. The molecule has 6 heteroatoms. The summed E-state index contributed by atoms with van der Waals surface area (Å²) in [6, 6.07) is 7.67. The largest absolute Gasteiger partial charge is 0.497 e. The van der Waals surface area contributed by atoms with E-state index < -0.39 is 0 Å². The molecule has 0 aromatic heterocycles. The Morgan fingerprint density at radius 2 is 2.04 bits per heavy atom. The van der Waals surface area contributed by atoms with E-state index in [0.717, 1.165) is 11.3 Å². The number of morpholine rings is 1. The highest BCUT2D eigenvalue weighted by molar-refractivity contribution is 5.89. The Morgan fingerprint density at radius 3 is 2.68 bits per heavy atom. The fourth-order valence-electron chi connectivity index (χ4n) is 3.53. The Hall–Kier alpha value is -2.08. The van der Waals surface area contributed by atoms with Crippen LogP contribution in [0.1, 0.15) is 25.8 Å². The van der Waals surface area contributed by atoms with Crippen molar-refractivity contribution in [3.63, 3.8) is 0 Å². The normalized spacial score (nSPS) is 23.0. The number of likely N-dealkylation sites (tertiary alicyclic amines) is 1. The smallest absolute Gasteiger partial charge is 0.228 e. The standard InChI is InChI=1S/C19H26N2O4/c1-19(2)13-25-9-8-21(19)18(23)15-10-17(22)20(12-15)11-14-4-6-16(24-3)7-5-14/h4-7,15H,8-13H2,1-3H3/t15-/m1/s1. The lowest BCUT2D eigenvalue weighted by Gasteiger charge is -2.43. The van der Waals surface area contributed by atoms with Crippen LogP contribution in [0.3, 0.4) is 0 Å². The van der Waals surface area contributed by atoms with Gasteiger partial charge in [0.05, 0.1) is 31.8 Å². The first-order valence-electron chi connectivity index (χ1n) is 8.70. The van der Waals surface area contributed by atoms with Gasteiger partial charge in [0.1, 0.15) is 5.75 Å². The Kier molecular flexibility index (Phi) is 4.99. The number of amides is 2. The summed E-state index contributed by atoms with van der Waals surface area (Å²) in [5.74, 6) is 0.640. The molecule has 2 amide bonds. The van der Waals surface area contributed by atoms with E-state index in [0.29, 0.717) is 39.3 Å². The first-order chi connectivity index (χ1) is 11.9. The number of nitrogens with zero attached hydrogens (tertiary/aromatic N) is 2. The van der Waals surface area contributed by atoms with E-state index in [-0.39, 0.29) is 23.3 Å². The molecule has 2 fully saturated rings. The maximum absolute atomic E-state index is 12.9.